The van der Waals surface area contributed by atoms with Crippen LogP contribution in [0.5, 0.6) is 0 Å². The topological polar surface area (TPSA) is 70.7 Å². The number of H-pyrrole nitrogens is 1. The molecule has 0 bridgehead atoms. The SMILES string of the molecule is O=C(CCC1CCCC1)NCCCc1ncn[nH]1. The number of amides is 1. The highest BCUT2D eigenvalue weighted by Crippen LogP contribution is 2.28. The molecule has 0 unspecified atom stereocenters. The second-order valence-electron chi connectivity index (χ2n) is 5.07. The summed E-state index contributed by atoms with van der Waals surface area (Å²) in [6.45, 7) is 0.726. The number of carbonyl (C=O) groups excluding carboxylic acids is 1. The lowest BCUT2D eigenvalue weighted by Gasteiger charge is -2.08. The fourth-order valence-corrected chi connectivity index (χ4v) is 2.56. The summed E-state index contributed by atoms with van der Waals surface area (Å²) in [5.41, 5.74) is 0. The lowest BCUT2D eigenvalue weighted by Crippen LogP contribution is -2.25. The van der Waals surface area contributed by atoms with Crippen molar-refractivity contribution in [2.75, 3.05) is 6.54 Å². The number of aromatic amines is 1. The zero-order valence-electron chi connectivity index (χ0n) is 10.8. The number of aromatic nitrogens is 3. The van der Waals surface area contributed by atoms with Crippen LogP contribution in [0.15, 0.2) is 6.33 Å². The van der Waals surface area contributed by atoms with Gasteiger partial charge in [0.25, 0.3) is 0 Å². The van der Waals surface area contributed by atoms with Crippen molar-refractivity contribution in [2.24, 2.45) is 5.92 Å². The van der Waals surface area contributed by atoms with Gasteiger partial charge >= 0.3 is 0 Å². The molecule has 5 heteroatoms. The molecule has 2 rings (SSSR count). The summed E-state index contributed by atoms with van der Waals surface area (Å²) >= 11 is 0. The quantitative estimate of drug-likeness (QED) is 0.725. The van der Waals surface area contributed by atoms with Gasteiger partial charge in [-0.05, 0) is 18.8 Å². The average Bonchev–Trinajstić information content (AvgIpc) is 3.04. The average molecular weight is 250 g/mol. The highest BCUT2D eigenvalue weighted by atomic mass is 16.1. The molecule has 0 atom stereocenters. The van der Waals surface area contributed by atoms with E-state index in [1.54, 1.807) is 0 Å². The van der Waals surface area contributed by atoms with E-state index in [0.29, 0.717) is 6.42 Å². The van der Waals surface area contributed by atoms with Gasteiger partial charge in [-0.3, -0.25) is 9.89 Å². The Kier molecular flexibility index (Phi) is 5.17. The Bertz CT molecular complexity index is 344. The fourth-order valence-electron chi connectivity index (χ4n) is 2.56. The molecule has 1 heterocycles. The largest absolute Gasteiger partial charge is 0.356 e. The minimum atomic E-state index is 0.194. The molecule has 2 N–H and O–H groups in total. The number of hydrogen-bond acceptors (Lipinski definition) is 3. The molecule has 0 spiro atoms. The van der Waals surface area contributed by atoms with Crippen molar-refractivity contribution in [2.45, 2.75) is 51.4 Å². The Balaban J connectivity index is 1.49. The van der Waals surface area contributed by atoms with Crippen LogP contribution in [0.1, 0.15) is 50.8 Å². The van der Waals surface area contributed by atoms with Crippen LogP contribution in [0.4, 0.5) is 0 Å². The summed E-state index contributed by atoms with van der Waals surface area (Å²) in [6, 6.07) is 0. The lowest BCUT2D eigenvalue weighted by atomic mass is 10.0. The van der Waals surface area contributed by atoms with E-state index in [1.165, 1.54) is 32.0 Å². The van der Waals surface area contributed by atoms with E-state index in [1.807, 2.05) is 0 Å². The van der Waals surface area contributed by atoms with E-state index in [2.05, 4.69) is 20.5 Å². The van der Waals surface area contributed by atoms with Gasteiger partial charge in [0, 0.05) is 19.4 Å². The van der Waals surface area contributed by atoms with Gasteiger partial charge in [0.1, 0.15) is 12.2 Å². The van der Waals surface area contributed by atoms with Gasteiger partial charge in [0.15, 0.2) is 0 Å². The summed E-state index contributed by atoms with van der Waals surface area (Å²) < 4.78 is 0. The van der Waals surface area contributed by atoms with Gasteiger partial charge in [-0.25, -0.2) is 4.98 Å². The Morgan fingerprint density at radius 3 is 3.00 bits per heavy atom. The van der Waals surface area contributed by atoms with Crippen molar-refractivity contribution in [3.8, 4) is 0 Å². The van der Waals surface area contributed by atoms with Crippen LogP contribution in [0, 0.1) is 5.92 Å². The van der Waals surface area contributed by atoms with E-state index >= 15 is 0 Å². The highest BCUT2D eigenvalue weighted by molar-refractivity contribution is 5.75. The van der Waals surface area contributed by atoms with Crippen molar-refractivity contribution >= 4 is 5.91 Å². The molecule has 0 aliphatic heterocycles. The Hall–Kier alpha value is -1.39. The molecule has 1 aliphatic carbocycles. The minimum absolute atomic E-state index is 0.194. The van der Waals surface area contributed by atoms with Crippen molar-refractivity contribution in [3.63, 3.8) is 0 Å². The first-order valence-electron chi connectivity index (χ1n) is 6.95. The normalized spacial score (nSPS) is 16.0. The van der Waals surface area contributed by atoms with Gasteiger partial charge in [-0.15, -0.1) is 0 Å². The molecule has 0 radical (unpaired) electrons. The number of carbonyl (C=O) groups is 1. The predicted octanol–water partition coefficient (Wildman–Crippen LogP) is 1.82. The third-order valence-corrected chi connectivity index (χ3v) is 3.63. The van der Waals surface area contributed by atoms with Crippen LogP contribution in [0.2, 0.25) is 0 Å². The van der Waals surface area contributed by atoms with E-state index in [9.17, 15) is 4.79 Å². The van der Waals surface area contributed by atoms with Crippen LogP contribution in [-0.4, -0.2) is 27.6 Å². The smallest absolute Gasteiger partial charge is 0.220 e. The molecule has 1 saturated carbocycles. The van der Waals surface area contributed by atoms with Gasteiger partial charge in [-0.2, -0.15) is 5.10 Å². The predicted molar refractivity (Wildman–Crippen MR) is 68.9 cm³/mol. The Labute approximate surface area is 108 Å². The Morgan fingerprint density at radius 2 is 2.28 bits per heavy atom. The van der Waals surface area contributed by atoms with Crippen LogP contribution >= 0.6 is 0 Å². The highest BCUT2D eigenvalue weighted by Gasteiger charge is 2.15. The molecule has 0 saturated heterocycles. The van der Waals surface area contributed by atoms with E-state index in [0.717, 1.165) is 37.5 Å². The first-order chi connectivity index (χ1) is 8.84. The molecule has 1 amide bonds. The van der Waals surface area contributed by atoms with Crippen molar-refractivity contribution in [1.29, 1.82) is 0 Å². The molecule has 0 aromatic carbocycles. The number of aryl methyl sites for hydroxylation is 1. The summed E-state index contributed by atoms with van der Waals surface area (Å²) in [4.78, 5) is 15.7. The molecule has 1 fully saturated rings. The maximum absolute atomic E-state index is 11.6. The number of hydrogen-bond donors (Lipinski definition) is 2. The summed E-state index contributed by atoms with van der Waals surface area (Å²) in [6.07, 6.45) is 10.3. The first kappa shape index (κ1) is 13.1. The van der Waals surface area contributed by atoms with Crippen molar-refractivity contribution in [1.82, 2.24) is 20.5 Å². The number of rotatable bonds is 7. The zero-order valence-corrected chi connectivity index (χ0v) is 10.8. The second-order valence-corrected chi connectivity index (χ2v) is 5.07. The Morgan fingerprint density at radius 1 is 1.44 bits per heavy atom. The van der Waals surface area contributed by atoms with Gasteiger partial charge in [0.2, 0.25) is 5.91 Å². The molecule has 100 valence electrons. The summed E-state index contributed by atoms with van der Waals surface area (Å²) in [5.74, 6) is 1.87. The fraction of sp³-hybridized carbons (Fsp3) is 0.769. The molecule has 1 aromatic rings. The molecule has 1 aromatic heterocycles. The van der Waals surface area contributed by atoms with Crippen LogP contribution in [0.25, 0.3) is 0 Å². The standard InChI is InChI=1S/C13H22N4O/c18-13(8-7-11-4-1-2-5-11)14-9-3-6-12-15-10-16-17-12/h10-11H,1-9H2,(H,14,18)(H,15,16,17). The van der Waals surface area contributed by atoms with Crippen LogP contribution in [-0.2, 0) is 11.2 Å². The minimum Gasteiger partial charge on any atom is -0.356 e. The van der Waals surface area contributed by atoms with Crippen LogP contribution < -0.4 is 5.32 Å². The van der Waals surface area contributed by atoms with Crippen molar-refractivity contribution in [3.05, 3.63) is 12.2 Å². The van der Waals surface area contributed by atoms with Gasteiger partial charge in [-0.1, -0.05) is 25.7 Å². The third-order valence-electron chi connectivity index (χ3n) is 3.63. The molecular formula is C13H22N4O. The van der Waals surface area contributed by atoms with E-state index in [-0.39, 0.29) is 5.91 Å². The van der Waals surface area contributed by atoms with Crippen LogP contribution in [0.3, 0.4) is 0 Å². The number of nitrogens with one attached hydrogen (secondary N) is 2. The first-order valence-corrected chi connectivity index (χ1v) is 6.95. The molecular weight excluding hydrogens is 228 g/mol. The van der Waals surface area contributed by atoms with Gasteiger partial charge < -0.3 is 5.32 Å². The van der Waals surface area contributed by atoms with E-state index < -0.39 is 0 Å². The number of nitrogens with zero attached hydrogens (tertiary/aromatic N) is 2. The zero-order chi connectivity index (χ0) is 12.6. The molecule has 18 heavy (non-hydrogen) atoms. The van der Waals surface area contributed by atoms with E-state index in [4.69, 9.17) is 0 Å². The summed E-state index contributed by atoms with van der Waals surface area (Å²) in [7, 11) is 0. The van der Waals surface area contributed by atoms with Gasteiger partial charge in [0.05, 0.1) is 0 Å². The molecule has 5 nitrogen and oxygen atoms in total. The maximum Gasteiger partial charge on any atom is 0.220 e. The molecule has 1 aliphatic rings. The summed E-state index contributed by atoms with van der Waals surface area (Å²) in [5, 5.41) is 9.57. The monoisotopic (exact) mass is 250 g/mol. The third kappa shape index (κ3) is 4.47. The lowest BCUT2D eigenvalue weighted by molar-refractivity contribution is -0.121. The maximum atomic E-state index is 11.6. The second kappa shape index (κ2) is 7.13. The van der Waals surface area contributed by atoms with Crippen molar-refractivity contribution < 1.29 is 4.79 Å².